The topological polar surface area (TPSA) is 13.1 Å². The van der Waals surface area contributed by atoms with Crippen molar-refractivity contribution in [1.29, 1.82) is 0 Å². The SMILES string of the molecule is C1=Cc2oc3ccc(-c4c5ccccc5c(-c5ccccc5-c5ccccc5)c5ccccc45)cc3c2CC1. The van der Waals surface area contributed by atoms with Gasteiger partial charge in [-0.05, 0) is 86.0 Å². The summed E-state index contributed by atoms with van der Waals surface area (Å²) in [6.07, 6.45) is 6.42. The number of aryl methyl sites for hydroxylation is 1. The van der Waals surface area contributed by atoms with E-state index in [9.17, 15) is 0 Å². The van der Waals surface area contributed by atoms with Crippen LogP contribution in [0.15, 0.2) is 132 Å². The van der Waals surface area contributed by atoms with Gasteiger partial charge in [-0.2, -0.15) is 0 Å². The highest BCUT2D eigenvalue weighted by molar-refractivity contribution is 6.22. The Labute approximate surface area is 227 Å². The third-order valence-electron chi connectivity index (χ3n) is 8.15. The molecule has 1 aliphatic rings. The molecule has 0 fully saturated rings. The Hall–Kier alpha value is -4.88. The van der Waals surface area contributed by atoms with E-state index in [0.29, 0.717) is 0 Å². The second-order valence-electron chi connectivity index (χ2n) is 10.3. The summed E-state index contributed by atoms with van der Waals surface area (Å²) in [5, 5.41) is 6.31. The lowest BCUT2D eigenvalue weighted by molar-refractivity contribution is 0.595. The molecular formula is C38H26O. The van der Waals surface area contributed by atoms with Crippen LogP contribution in [0.1, 0.15) is 17.7 Å². The average molecular weight is 499 g/mol. The molecule has 0 bridgehead atoms. The van der Waals surface area contributed by atoms with E-state index in [-0.39, 0.29) is 0 Å². The Morgan fingerprint density at radius 1 is 0.487 bits per heavy atom. The monoisotopic (exact) mass is 498 g/mol. The fraction of sp³-hybridized carbons (Fsp3) is 0.0526. The van der Waals surface area contributed by atoms with Crippen LogP contribution in [-0.2, 0) is 6.42 Å². The molecule has 0 radical (unpaired) electrons. The fourth-order valence-corrected chi connectivity index (χ4v) is 6.43. The van der Waals surface area contributed by atoms with Gasteiger partial charge in [-0.25, -0.2) is 0 Å². The lowest BCUT2D eigenvalue weighted by Crippen LogP contribution is -1.93. The molecule has 1 aromatic heterocycles. The second kappa shape index (κ2) is 8.85. The first-order chi connectivity index (χ1) is 19.4. The molecule has 1 heterocycles. The Balaban J connectivity index is 1.47. The molecule has 0 saturated heterocycles. The van der Waals surface area contributed by atoms with E-state index >= 15 is 0 Å². The van der Waals surface area contributed by atoms with Crippen molar-refractivity contribution in [3.05, 3.63) is 139 Å². The normalized spacial score (nSPS) is 12.8. The summed E-state index contributed by atoms with van der Waals surface area (Å²) < 4.78 is 6.20. The van der Waals surface area contributed by atoms with Gasteiger partial charge in [0.2, 0.25) is 0 Å². The summed E-state index contributed by atoms with van der Waals surface area (Å²) in [6.45, 7) is 0. The van der Waals surface area contributed by atoms with Crippen molar-refractivity contribution in [1.82, 2.24) is 0 Å². The zero-order chi connectivity index (χ0) is 25.8. The molecule has 0 amide bonds. The standard InChI is InChI=1S/C38H26O/c1-2-12-25(13-3-1)27-14-4-5-16-29(27)38-32-19-8-6-17-30(32)37(31-18-7-9-20-33(31)38)26-22-23-36-34(24-26)28-15-10-11-21-35(28)39-36/h1-9,11-14,16-24H,10,15H2. The van der Waals surface area contributed by atoms with E-state index in [2.05, 4.69) is 133 Å². The van der Waals surface area contributed by atoms with Crippen molar-refractivity contribution in [2.75, 3.05) is 0 Å². The molecule has 7 aromatic rings. The molecule has 1 heteroatoms. The zero-order valence-corrected chi connectivity index (χ0v) is 21.5. The van der Waals surface area contributed by atoms with Crippen LogP contribution in [0.3, 0.4) is 0 Å². The maximum absolute atomic E-state index is 6.20. The van der Waals surface area contributed by atoms with Gasteiger partial charge >= 0.3 is 0 Å². The molecule has 1 nitrogen and oxygen atoms in total. The molecule has 0 atom stereocenters. The van der Waals surface area contributed by atoms with Crippen molar-refractivity contribution in [2.24, 2.45) is 0 Å². The number of furan rings is 1. The summed E-state index contributed by atoms with van der Waals surface area (Å²) in [7, 11) is 0. The molecule has 0 spiro atoms. The number of hydrogen-bond acceptors (Lipinski definition) is 1. The number of benzene rings is 6. The van der Waals surface area contributed by atoms with E-state index in [1.165, 1.54) is 65.9 Å². The highest BCUT2D eigenvalue weighted by atomic mass is 16.3. The fourth-order valence-electron chi connectivity index (χ4n) is 6.43. The van der Waals surface area contributed by atoms with Crippen LogP contribution >= 0.6 is 0 Å². The van der Waals surface area contributed by atoms with Crippen LogP contribution in [0.4, 0.5) is 0 Å². The predicted molar refractivity (Wildman–Crippen MR) is 165 cm³/mol. The Bertz CT molecular complexity index is 2000. The first-order valence-electron chi connectivity index (χ1n) is 13.7. The van der Waals surface area contributed by atoms with Gasteiger partial charge in [0.15, 0.2) is 0 Å². The van der Waals surface area contributed by atoms with Gasteiger partial charge in [-0.3, -0.25) is 0 Å². The van der Waals surface area contributed by atoms with Crippen molar-refractivity contribution < 1.29 is 4.42 Å². The lowest BCUT2D eigenvalue weighted by atomic mass is 9.83. The van der Waals surface area contributed by atoms with Gasteiger partial charge in [0.05, 0.1) is 0 Å². The molecule has 0 aliphatic heterocycles. The maximum Gasteiger partial charge on any atom is 0.135 e. The van der Waals surface area contributed by atoms with E-state index in [4.69, 9.17) is 4.42 Å². The van der Waals surface area contributed by atoms with Crippen molar-refractivity contribution in [3.8, 4) is 33.4 Å². The molecule has 6 aromatic carbocycles. The van der Waals surface area contributed by atoms with Crippen LogP contribution in [0.25, 0.3) is 72.0 Å². The smallest absolute Gasteiger partial charge is 0.135 e. The van der Waals surface area contributed by atoms with Crippen LogP contribution in [0.2, 0.25) is 0 Å². The largest absolute Gasteiger partial charge is 0.456 e. The van der Waals surface area contributed by atoms with Crippen LogP contribution in [0, 0.1) is 0 Å². The van der Waals surface area contributed by atoms with Crippen LogP contribution in [0.5, 0.6) is 0 Å². The Morgan fingerprint density at radius 3 is 1.82 bits per heavy atom. The molecular weight excluding hydrogens is 472 g/mol. The zero-order valence-electron chi connectivity index (χ0n) is 21.5. The van der Waals surface area contributed by atoms with E-state index in [1.54, 1.807) is 0 Å². The van der Waals surface area contributed by atoms with Crippen LogP contribution < -0.4 is 0 Å². The summed E-state index contributed by atoms with van der Waals surface area (Å²) in [5.41, 5.74) is 9.84. The first-order valence-corrected chi connectivity index (χ1v) is 13.7. The maximum atomic E-state index is 6.20. The van der Waals surface area contributed by atoms with E-state index in [1.807, 2.05) is 0 Å². The number of allylic oxidation sites excluding steroid dienone is 1. The molecule has 39 heavy (non-hydrogen) atoms. The molecule has 1 aliphatic carbocycles. The Morgan fingerprint density at radius 2 is 1.10 bits per heavy atom. The average Bonchev–Trinajstić information content (AvgIpc) is 3.38. The molecule has 0 unspecified atom stereocenters. The van der Waals surface area contributed by atoms with Gasteiger partial charge in [-0.1, -0.05) is 115 Å². The highest BCUT2D eigenvalue weighted by Gasteiger charge is 2.20. The van der Waals surface area contributed by atoms with Crippen molar-refractivity contribution in [3.63, 3.8) is 0 Å². The Kier molecular flexibility index (Phi) is 5.03. The molecule has 0 saturated carbocycles. The molecule has 0 N–H and O–H groups in total. The quantitative estimate of drug-likeness (QED) is 0.221. The van der Waals surface area contributed by atoms with E-state index < -0.39 is 0 Å². The van der Waals surface area contributed by atoms with Crippen molar-refractivity contribution >= 4 is 38.6 Å². The highest BCUT2D eigenvalue weighted by Crippen LogP contribution is 2.46. The van der Waals surface area contributed by atoms with Gasteiger partial charge in [0.1, 0.15) is 11.3 Å². The summed E-state index contributed by atoms with van der Waals surface area (Å²) in [5.74, 6) is 1.01. The molecule has 184 valence electrons. The number of hydrogen-bond donors (Lipinski definition) is 0. The number of rotatable bonds is 3. The minimum absolute atomic E-state index is 0.970. The van der Waals surface area contributed by atoms with Gasteiger partial charge in [0, 0.05) is 10.9 Å². The number of fused-ring (bicyclic) bond motifs is 5. The summed E-state index contributed by atoms with van der Waals surface area (Å²) in [4.78, 5) is 0. The summed E-state index contributed by atoms with van der Waals surface area (Å²) >= 11 is 0. The van der Waals surface area contributed by atoms with Crippen LogP contribution in [-0.4, -0.2) is 0 Å². The van der Waals surface area contributed by atoms with Crippen molar-refractivity contribution in [2.45, 2.75) is 12.8 Å². The predicted octanol–water partition coefficient (Wildman–Crippen LogP) is 10.7. The molecule has 8 rings (SSSR count). The van der Waals surface area contributed by atoms with Gasteiger partial charge in [-0.15, -0.1) is 0 Å². The van der Waals surface area contributed by atoms with Gasteiger partial charge < -0.3 is 4.42 Å². The third kappa shape index (κ3) is 3.47. The minimum atomic E-state index is 0.970. The van der Waals surface area contributed by atoms with Gasteiger partial charge in [0.25, 0.3) is 0 Å². The first kappa shape index (κ1) is 22.1. The minimum Gasteiger partial charge on any atom is -0.456 e. The van der Waals surface area contributed by atoms with E-state index in [0.717, 1.165) is 24.2 Å². The lowest BCUT2D eigenvalue weighted by Gasteiger charge is -2.19. The summed E-state index contributed by atoms with van der Waals surface area (Å²) in [6, 6.07) is 44.0. The second-order valence-corrected chi connectivity index (χ2v) is 10.3. The third-order valence-corrected chi connectivity index (χ3v) is 8.15.